The maximum absolute atomic E-state index is 12.2. The summed E-state index contributed by atoms with van der Waals surface area (Å²) in [5.74, 6) is -0.328. The molecule has 0 aromatic carbocycles. The van der Waals surface area contributed by atoms with Gasteiger partial charge in [0, 0.05) is 25.4 Å². The highest BCUT2D eigenvalue weighted by molar-refractivity contribution is 7.13. The van der Waals surface area contributed by atoms with E-state index in [1.807, 2.05) is 5.38 Å². The van der Waals surface area contributed by atoms with E-state index in [0.29, 0.717) is 17.8 Å². The molecular weight excluding hydrogens is 318 g/mol. The lowest BCUT2D eigenvalue weighted by molar-refractivity contribution is 0.0945. The van der Waals surface area contributed by atoms with Crippen LogP contribution in [0.25, 0.3) is 10.7 Å². The Morgan fingerprint density at radius 2 is 2.30 bits per heavy atom. The minimum atomic E-state index is -0.750. The Bertz CT molecular complexity index is 855. The average Bonchev–Trinajstić information content (AvgIpc) is 3.22. The fraction of sp³-hybridized carbons (Fsp3) is 0.143. The Kier molecular flexibility index (Phi) is 4.20. The second-order valence-electron chi connectivity index (χ2n) is 4.63. The first-order chi connectivity index (χ1) is 11.1. The van der Waals surface area contributed by atoms with Crippen LogP contribution in [0.2, 0.25) is 0 Å². The van der Waals surface area contributed by atoms with E-state index >= 15 is 0 Å². The summed E-state index contributed by atoms with van der Waals surface area (Å²) in [6, 6.07) is 3.56. The van der Waals surface area contributed by atoms with E-state index in [0.717, 1.165) is 5.82 Å². The largest absolute Gasteiger partial charge is 0.501 e. The number of nitrogens with zero attached hydrogens (tertiary/aromatic N) is 2. The maximum Gasteiger partial charge on any atom is 0.294 e. The number of thiophene rings is 1. The number of aromatic nitrogens is 4. The van der Waals surface area contributed by atoms with Gasteiger partial charge in [0.15, 0.2) is 11.5 Å². The lowest BCUT2D eigenvalue weighted by Gasteiger charge is -2.06. The fourth-order valence-corrected chi connectivity index (χ4v) is 2.64. The number of rotatable bonds is 5. The molecule has 0 saturated heterocycles. The summed E-state index contributed by atoms with van der Waals surface area (Å²) < 4.78 is 0. The molecule has 0 unspecified atom stereocenters. The van der Waals surface area contributed by atoms with Gasteiger partial charge in [-0.25, -0.2) is 9.97 Å². The smallest absolute Gasteiger partial charge is 0.294 e. The first-order valence-corrected chi connectivity index (χ1v) is 7.66. The highest BCUT2D eigenvalue weighted by Gasteiger charge is 2.18. The van der Waals surface area contributed by atoms with Crippen LogP contribution in [0, 0.1) is 0 Å². The number of carbonyl (C=O) groups excluding carboxylic acids is 1. The number of hydrogen-bond donors (Lipinski definition) is 4. The molecule has 0 aliphatic heterocycles. The van der Waals surface area contributed by atoms with E-state index in [4.69, 9.17) is 0 Å². The van der Waals surface area contributed by atoms with Crippen LogP contribution >= 0.6 is 11.3 Å². The molecule has 0 fully saturated rings. The van der Waals surface area contributed by atoms with Crippen molar-refractivity contribution in [2.75, 3.05) is 6.54 Å². The normalized spacial score (nSPS) is 10.6. The van der Waals surface area contributed by atoms with Crippen molar-refractivity contribution in [1.29, 1.82) is 0 Å². The van der Waals surface area contributed by atoms with E-state index in [9.17, 15) is 14.7 Å². The molecule has 3 heterocycles. The third kappa shape index (κ3) is 3.29. The number of imidazole rings is 1. The zero-order valence-corrected chi connectivity index (χ0v) is 12.7. The molecule has 0 radical (unpaired) electrons. The van der Waals surface area contributed by atoms with Crippen LogP contribution in [0.5, 0.6) is 5.75 Å². The zero-order chi connectivity index (χ0) is 16.2. The zero-order valence-electron chi connectivity index (χ0n) is 11.9. The summed E-state index contributed by atoms with van der Waals surface area (Å²) in [6.45, 7) is 0.300. The van der Waals surface area contributed by atoms with Crippen molar-refractivity contribution < 1.29 is 9.90 Å². The van der Waals surface area contributed by atoms with Gasteiger partial charge in [-0.15, -0.1) is 11.3 Å². The van der Waals surface area contributed by atoms with Gasteiger partial charge in [0.2, 0.25) is 5.75 Å². The molecule has 0 spiro atoms. The van der Waals surface area contributed by atoms with Crippen molar-refractivity contribution in [3.8, 4) is 16.5 Å². The first-order valence-electron chi connectivity index (χ1n) is 6.79. The molecule has 0 saturated carbocycles. The lowest BCUT2D eigenvalue weighted by Crippen LogP contribution is -2.28. The minimum absolute atomic E-state index is 0.249. The van der Waals surface area contributed by atoms with Gasteiger partial charge in [-0.3, -0.25) is 9.59 Å². The maximum atomic E-state index is 12.2. The van der Waals surface area contributed by atoms with E-state index < -0.39 is 17.2 Å². The molecule has 8 nitrogen and oxygen atoms in total. The molecule has 1 amide bonds. The Labute approximate surface area is 134 Å². The average molecular weight is 331 g/mol. The molecule has 23 heavy (non-hydrogen) atoms. The van der Waals surface area contributed by atoms with Crippen molar-refractivity contribution in [3.63, 3.8) is 0 Å². The molecule has 4 N–H and O–H groups in total. The van der Waals surface area contributed by atoms with Crippen LogP contribution in [-0.4, -0.2) is 37.5 Å². The van der Waals surface area contributed by atoms with Crippen molar-refractivity contribution >= 4 is 17.2 Å². The Morgan fingerprint density at radius 1 is 1.43 bits per heavy atom. The van der Waals surface area contributed by atoms with Gasteiger partial charge in [0.1, 0.15) is 5.82 Å². The quantitative estimate of drug-likeness (QED) is 0.553. The standard InChI is InChI=1S/C14H13N5O3S/c20-11-10(13(21)17-4-3-9-15-5-6-16-9)18-12(19-14(11)22)8-2-1-7-23-8/h1-2,5-7,20H,3-4H2,(H,15,16)(H,17,21)(H,18,19,22). The highest BCUT2D eigenvalue weighted by Crippen LogP contribution is 2.21. The van der Waals surface area contributed by atoms with E-state index in [1.54, 1.807) is 24.5 Å². The lowest BCUT2D eigenvalue weighted by atomic mass is 10.3. The van der Waals surface area contributed by atoms with Crippen LogP contribution < -0.4 is 10.9 Å². The fourth-order valence-electron chi connectivity index (χ4n) is 1.97. The Balaban J connectivity index is 1.78. The van der Waals surface area contributed by atoms with Gasteiger partial charge >= 0.3 is 0 Å². The van der Waals surface area contributed by atoms with Gasteiger partial charge < -0.3 is 20.4 Å². The third-order valence-electron chi connectivity index (χ3n) is 3.07. The van der Waals surface area contributed by atoms with Crippen molar-refractivity contribution in [1.82, 2.24) is 25.3 Å². The minimum Gasteiger partial charge on any atom is -0.501 e. The molecule has 0 aliphatic carbocycles. The number of nitrogens with one attached hydrogen (secondary N) is 3. The SMILES string of the molecule is O=C(NCCc1ncc[nH]1)c1nc(-c2cccs2)[nH]c(=O)c1O. The van der Waals surface area contributed by atoms with Crippen LogP contribution in [-0.2, 0) is 6.42 Å². The number of aromatic hydroxyl groups is 1. The number of hydrogen-bond acceptors (Lipinski definition) is 6. The predicted octanol–water partition coefficient (Wildman–Crippen LogP) is 0.900. The summed E-state index contributed by atoms with van der Waals surface area (Å²) in [4.78, 5) is 38.1. The van der Waals surface area contributed by atoms with Gasteiger partial charge in [-0.05, 0) is 11.4 Å². The summed E-state index contributed by atoms with van der Waals surface area (Å²) in [7, 11) is 0. The van der Waals surface area contributed by atoms with Crippen molar-refractivity contribution in [2.24, 2.45) is 0 Å². The number of aromatic amines is 2. The molecule has 3 rings (SSSR count). The number of H-pyrrole nitrogens is 2. The van der Waals surface area contributed by atoms with Gasteiger partial charge in [-0.2, -0.15) is 0 Å². The molecule has 118 valence electrons. The molecule has 0 atom stereocenters. The Hall–Kier alpha value is -2.94. The van der Waals surface area contributed by atoms with Crippen molar-refractivity contribution in [3.05, 3.63) is 51.8 Å². The van der Waals surface area contributed by atoms with Crippen LogP contribution in [0.1, 0.15) is 16.3 Å². The van der Waals surface area contributed by atoms with Crippen LogP contribution in [0.3, 0.4) is 0 Å². The topological polar surface area (TPSA) is 124 Å². The second-order valence-corrected chi connectivity index (χ2v) is 5.58. The van der Waals surface area contributed by atoms with E-state index in [-0.39, 0.29) is 11.5 Å². The number of carbonyl (C=O) groups is 1. The third-order valence-corrected chi connectivity index (χ3v) is 3.94. The molecule has 3 aromatic heterocycles. The molecular formula is C14H13N5O3S. The predicted molar refractivity (Wildman–Crippen MR) is 84.5 cm³/mol. The van der Waals surface area contributed by atoms with E-state index in [2.05, 4.69) is 25.3 Å². The molecule has 0 bridgehead atoms. The van der Waals surface area contributed by atoms with Gasteiger partial charge in [0.25, 0.3) is 11.5 Å². The summed E-state index contributed by atoms with van der Waals surface area (Å²) in [6.07, 6.45) is 3.81. The molecule has 0 aliphatic rings. The van der Waals surface area contributed by atoms with Crippen LogP contribution in [0.4, 0.5) is 0 Å². The summed E-state index contributed by atoms with van der Waals surface area (Å²) in [5.41, 5.74) is -1.05. The Morgan fingerprint density at radius 3 is 3.00 bits per heavy atom. The monoisotopic (exact) mass is 331 g/mol. The van der Waals surface area contributed by atoms with Gasteiger partial charge in [0.05, 0.1) is 4.88 Å². The number of amides is 1. The highest BCUT2D eigenvalue weighted by atomic mass is 32.1. The summed E-state index contributed by atoms with van der Waals surface area (Å²) >= 11 is 1.37. The van der Waals surface area contributed by atoms with Crippen molar-refractivity contribution in [2.45, 2.75) is 6.42 Å². The second kappa shape index (κ2) is 6.44. The molecule has 9 heteroatoms. The molecule has 3 aromatic rings. The van der Waals surface area contributed by atoms with Crippen LogP contribution in [0.15, 0.2) is 34.7 Å². The van der Waals surface area contributed by atoms with E-state index in [1.165, 1.54) is 11.3 Å². The van der Waals surface area contributed by atoms with Gasteiger partial charge in [-0.1, -0.05) is 6.07 Å². The summed E-state index contributed by atoms with van der Waals surface area (Å²) in [5, 5.41) is 14.2. The first kappa shape index (κ1) is 15.0.